The molecule has 0 unspecified atom stereocenters. The number of thiophene rings is 2. The van der Waals surface area contributed by atoms with Crippen LogP contribution in [0.15, 0.2) is 170 Å². The molecule has 0 N–H and O–H groups in total. The van der Waals surface area contributed by atoms with Gasteiger partial charge in [-0.2, -0.15) is 0 Å². The Bertz CT molecular complexity index is 3080. The first-order chi connectivity index (χ1) is 24.8. The molecule has 2 heteroatoms. The summed E-state index contributed by atoms with van der Waals surface area (Å²) in [5.41, 5.74) is 7.59. The molecule has 0 spiro atoms. The molecule has 0 aliphatic carbocycles. The van der Waals surface area contributed by atoms with Crippen molar-refractivity contribution in [1.29, 1.82) is 0 Å². The fourth-order valence-electron chi connectivity index (χ4n) is 8.24. The molecule has 0 saturated carbocycles. The van der Waals surface area contributed by atoms with Crippen LogP contribution in [0.5, 0.6) is 0 Å². The molecule has 9 aromatic carbocycles. The van der Waals surface area contributed by atoms with Gasteiger partial charge in [-0.25, -0.2) is 0 Å². The van der Waals surface area contributed by atoms with Crippen LogP contribution in [-0.4, -0.2) is 0 Å². The van der Waals surface area contributed by atoms with Crippen LogP contribution in [0, 0.1) is 0 Å². The van der Waals surface area contributed by atoms with E-state index < -0.39 is 0 Å². The Morgan fingerprint density at radius 2 is 0.920 bits per heavy atom. The third-order valence-electron chi connectivity index (χ3n) is 10.4. The van der Waals surface area contributed by atoms with Crippen LogP contribution >= 0.6 is 22.7 Å². The molecular formula is C48H28S2. The monoisotopic (exact) mass is 668 g/mol. The van der Waals surface area contributed by atoms with Gasteiger partial charge in [0.2, 0.25) is 0 Å². The van der Waals surface area contributed by atoms with E-state index >= 15 is 0 Å². The zero-order valence-corrected chi connectivity index (χ0v) is 28.6. The molecule has 232 valence electrons. The minimum atomic E-state index is 1.24. The molecule has 2 heterocycles. The predicted molar refractivity (Wildman–Crippen MR) is 221 cm³/mol. The second-order valence-electron chi connectivity index (χ2n) is 13.2. The molecule has 2 aromatic heterocycles. The number of rotatable bonds is 3. The maximum Gasteiger partial charge on any atom is 0.0448 e. The molecule has 0 aliphatic heterocycles. The molecule has 0 bridgehead atoms. The van der Waals surface area contributed by atoms with Gasteiger partial charge >= 0.3 is 0 Å². The van der Waals surface area contributed by atoms with E-state index in [0.717, 1.165) is 0 Å². The molecule has 0 amide bonds. The van der Waals surface area contributed by atoms with Crippen molar-refractivity contribution in [3.63, 3.8) is 0 Å². The lowest BCUT2D eigenvalue weighted by atomic mass is 9.84. The van der Waals surface area contributed by atoms with Crippen LogP contribution in [0.2, 0.25) is 0 Å². The van der Waals surface area contributed by atoms with Crippen LogP contribution in [-0.2, 0) is 0 Å². The van der Waals surface area contributed by atoms with Crippen molar-refractivity contribution in [3.8, 4) is 33.4 Å². The lowest BCUT2D eigenvalue weighted by molar-refractivity contribution is 1.65. The van der Waals surface area contributed by atoms with Gasteiger partial charge in [0.25, 0.3) is 0 Å². The molecule has 0 nitrogen and oxygen atoms in total. The van der Waals surface area contributed by atoms with Gasteiger partial charge in [0.05, 0.1) is 0 Å². The summed E-state index contributed by atoms with van der Waals surface area (Å²) in [6.07, 6.45) is 0. The van der Waals surface area contributed by atoms with Crippen molar-refractivity contribution >= 4 is 95.3 Å². The molecular weight excluding hydrogens is 641 g/mol. The summed E-state index contributed by atoms with van der Waals surface area (Å²) in [5, 5.41) is 13.1. The van der Waals surface area contributed by atoms with Crippen molar-refractivity contribution in [2.45, 2.75) is 0 Å². The van der Waals surface area contributed by atoms with Gasteiger partial charge in [0.15, 0.2) is 0 Å². The Morgan fingerprint density at radius 3 is 1.68 bits per heavy atom. The highest BCUT2D eigenvalue weighted by molar-refractivity contribution is 7.29. The van der Waals surface area contributed by atoms with Gasteiger partial charge in [-0.1, -0.05) is 140 Å². The van der Waals surface area contributed by atoms with E-state index in [1.165, 1.54) is 106 Å². The molecule has 0 atom stereocenters. The predicted octanol–water partition coefficient (Wildman–Crippen LogP) is 14.9. The average molecular weight is 669 g/mol. The Balaban J connectivity index is 1.18. The number of benzene rings is 9. The van der Waals surface area contributed by atoms with Crippen LogP contribution in [0.1, 0.15) is 0 Å². The SMILES string of the molecule is c1ccc(-c2c3ccccc3c(-c3cc(-c4ccc5c(c4)sc4c5ccc5sc6ccccc6c54)cc4ccccc34)c3ccccc23)cc1. The zero-order valence-electron chi connectivity index (χ0n) is 27.0. The van der Waals surface area contributed by atoms with Gasteiger partial charge < -0.3 is 0 Å². The average Bonchev–Trinajstić information content (AvgIpc) is 3.75. The van der Waals surface area contributed by atoms with Crippen molar-refractivity contribution in [2.75, 3.05) is 0 Å². The zero-order chi connectivity index (χ0) is 32.8. The van der Waals surface area contributed by atoms with Gasteiger partial charge in [0, 0.05) is 40.3 Å². The highest BCUT2D eigenvalue weighted by Gasteiger charge is 2.19. The highest BCUT2D eigenvalue weighted by Crippen LogP contribution is 2.48. The summed E-state index contributed by atoms with van der Waals surface area (Å²) in [6.45, 7) is 0. The lowest BCUT2D eigenvalue weighted by Gasteiger charge is -2.19. The first-order valence-electron chi connectivity index (χ1n) is 17.1. The lowest BCUT2D eigenvalue weighted by Crippen LogP contribution is -1.92. The van der Waals surface area contributed by atoms with Crippen molar-refractivity contribution < 1.29 is 0 Å². The van der Waals surface area contributed by atoms with E-state index in [9.17, 15) is 0 Å². The summed E-state index contributed by atoms with van der Waals surface area (Å²) in [5.74, 6) is 0. The van der Waals surface area contributed by atoms with Gasteiger partial charge in [-0.15, -0.1) is 22.7 Å². The minimum Gasteiger partial charge on any atom is -0.135 e. The molecule has 50 heavy (non-hydrogen) atoms. The third-order valence-corrected chi connectivity index (χ3v) is 12.8. The summed E-state index contributed by atoms with van der Waals surface area (Å²) in [6, 6.07) is 63.1. The first-order valence-corrected chi connectivity index (χ1v) is 18.7. The topological polar surface area (TPSA) is 0 Å². The Labute approximate surface area is 297 Å². The highest BCUT2D eigenvalue weighted by atomic mass is 32.1. The molecule has 0 fully saturated rings. The van der Waals surface area contributed by atoms with Crippen molar-refractivity contribution in [3.05, 3.63) is 170 Å². The van der Waals surface area contributed by atoms with E-state index in [0.29, 0.717) is 0 Å². The second-order valence-corrected chi connectivity index (χ2v) is 15.3. The van der Waals surface area contributed by atoms with E-state index in [2.05, 4.69) is 170 Å². The number of hydrogen-bond acceptors (Lipinski definition) is 2. The number of hydrogen-bond donors (Lipinski definition) is 0. The minimum absolute atomic E-state index is 1.24. The largest absolute Gasteiger partial charge is 0.135 e. The van der Waals surface area contributed by atoms with E-state index in [1.807, 2.05) is 22.7 Å². The Hall–Kier alpha value is -5.80. The molecule has 0 aliphatic rings. The first kappa shape index (κ1) is 28.1. The van der Waals surface area contributed by atoms with E-state index in [-0.39, 0.29) is 0 Å². The van der Waals surface area contributed by atoms with Crippen LogP contribution in [0.3, 0.4) is 0 Å². The third kappa shape index (κ3) is 4.10. The maximum atomic E-state index is 2.44. The fraction of sp³-hybridized carbons (Fsp3) is 0. The van der Waals surface area contributed by atoms with Gasteiger partial charge in [-0.3, -0.25) is 0 Å². The fourth-order valence-corrected chi connectivity index (χ4v) is 10.7. The quantitative estimate of drug-likeness (QED) is 0.164. The van der Waals surface area contributed by atoms with E-state index in [4.69, 9.17) is 0 Å². The standard InChI is InChI=1S/C48H28S2/c1-2-12-29(13-3-1)45-35-16-6-8-18-37(35)46(38-19-9-7-17-36(38)45)41-27-32(26-31-14-4-5-15-33(31)41)30-22-23-34-39-24-25-43-47(48(39)50-44(34)28-30)40-20-10-11-21-42(40)49-43/h1-28H. The van der Waals surface area contributed by atoms with Crippen LogP contribution in [0.4, 0.5) is 0 Å². The van der Waals surface area contributed by atoms with Crippen LogP contribution < -0.4 is 0 Å². The Morgan fingerprint density at radius 1 is 0.300 bits per heavy atom. The molecule has 0 radical (unpaired) electrons. The van der Waals surface area contributed by atoms with Crippen LogP contribution in [0.25, 0.3) is 106 Å². The normalized spacial score (nSPS) is 12.0. The number of fused-ring (bicyclic) bond motifs is 10. The summed E-state index contributed by atoms with van der Waals surface area (Å²) in [7, 11) is 0. The summed E-state index contributed by atoms with van der Waals surface area (Å²) < 4.78 is 5.44. The summed E-state index contributed by atoms with van der Waals surface area (Å²) >= 11 is 3.83. The Kier molecular flexibility index (Phi) is 6.09. The summed E-state index contributed by atoms with van der Waals surface area (Å²) in [4.78, 5) is 0. The smallest absolute Gasteiger partial charge is 0.0448 e. The molecule has 0 saturated heterocycles. The van der Waals surface area contributed by atoms with Gasteiger partial charge in [0.1, 0.15) is 0 Å². The van der Waals surface area contributed by atoms with Gasteiger partial charge in [-0.05, 0) is 96.0 Å². The molecule has 11 aromatic rings. The second kappa shape index (κ2) is 10.9. The maximum absolute atomic E-state index is 2.44. The molecule has 11 rings (SSSR count). The van der Waals surface area contributed by atoms with Crippen molar-refractivity contribution in [1.82, 2.24) is 0 Å². The van der Waals surface area contributed by atoms with Crippen molar-refractivity contribution in [2.24, 2.45) is 0 Å². The van der Waals surface area contributed by atoms with E-state index in [1.54, 1.807) is 0 Å².